The number of carbonyl (C=O) groups is 1. The van der Waals surface area contributed by atoms with Crippen LogP contribution >= 0.6 is 0 Å². The summed E-state index contributed by atoms with van der Waals surface area (Å²) in [6.07, 6.45) is -1.25. The summed E-state index contributed by atoms with van der Waals surface area (Å²) in [7, 11) is 0. The van der Waals surface area contributed by atoms with E-state index >= 15 is 0 Å². The molecule has 0 atom stereocenters. The van der Waals surface area contributed by atoms with Crippen molar-refractivity contribution in [2.45, 2.75) is 0 Å². The normalized spacial score (nSPS) is 19.6. The summed E-state index contributed by atoms with van der Waals surface area (Å²) in [4.78, 5) is 9.94. The highest BCUT2D eigenvalue weighted by Gasteiger charge is 2.15. The number of carboxylic acid groups (broad SMARTS) is 1. The van der Waals surface area contributed by atoms with Crippen LogP contribution in [0.3, 0.4) is 0 Å². The number of rotatable bonds is 2. The van der Waals surface area contributed by atoms with Gasteiger partial charge >= 0.3 is 6.16 Å². The lowest BCUT2D eigenvalue weighted by Gasteiger charge is -2.20. The van der Waals surface area contributed by atoms with Crippen molar-refractivity contribution in [1.82, 2.24) is 0 Å². The summed E-state index contributed by atoms with van der Waals surface area (Å²) < 4.78 is 14.2. The molecule has 1 fully saturated rings. The van der Waals surface area contributed by atoms with Crippen LogP contribution in [0.1, 0.15) is 0 Å². The molecule has 1 heterocycles. The van der Waals surface area contributed by atoms with E-state index in [1.807, 2.05) is 0 Å². The molecule has 1 N–H and O–H groups in total. The van der Waals surface area contributed by atoms with Gasteiger partial charge in [-0.2, -0.15) is 0 Å². The molecular formula is C6H10O5. The first-order valence-electron chi connectivity index (χ1n) is 3.30. The van der Waals surface area contributed by atoms with Crippen molar-refractivity contribution in [2.75, 3.05) is 26.6 Å². The third-order valence-corrected chi connectivity index (χ3v) is 1.32. The second-order valence-corrected chi connectivity index (χ2v) is 2.30. The topological polar surface area (TPSA) is 65.0 Å². The van der Waals surface area contributed by atoms with Crippen molar-refractivity contribution in [2.24, 2.45) is 5.92 Å². The molecule has 0 aromatic rings. The fourth-order valence-corrected chi connectivity index (χ4v) is 0.822. The predicted molar refractivity (Wildman–Crippen MR) is 34.2 cm³/mol. The smallest absolute Gasteiger partial charge is 0.450 e. The van der Waals surface area contributed by atoms with E-state index in [1.165, 1.54) is 0 Å². The second-order valence-electron chi connectivity index (χ2n) is 2.30. The molecule has 11 heavy (non-hydrogen) atoms. The molecule has 0 aromatic heterocycles. The lowest BCUT2D eigenvalue weighted by molar-refractivity contribution is -0.135. The van der Waals surface area contributed by atoms with Crippen LogP contribution in [0, 0.1) is 5.92 Å². The van der Waals surface area contributed by atoms with Crippen LogP contribution in [0.2, 0.25) is 0 Å². The minimum absolute atomic E-state index is 0.0415. The molecule has 0 saturated carbocycles. The molecule has 0 unspecified atom stereocenters. The summed E-state index contributed by atoms with van der Waals surface area (Å²) in [6, 6.07) is 0. The average molecular weight is 162 g/mol. The van der Waals surface area contributed by atoms with Gasteiger partial charge in [0.05, 0.1) is 13.2 Å². The van der Waals surface area contributed by atoms with Gasteiger partial charge in [0, 0.05) is 5.92 Å². The fourth-order valence-electron chi connectivity index (χ4n) is 0.822. The molecule has 0 spiro atoms. The zero-order chi connectivity index (χ0) is 8.10. The Balaban J connectivity index is 2.09. The Morgan fingerprint density at radius 1 is 1.55 bits per heavy atom. The molecule has 0 aromatic carbocycles. The van der Waals surface area contributed by atoms with Crippen molar-refractivity contribution in [3.8, 4) is 0 Å². The fraction of sp³-hybridized carbons (Fsp3) is 0.833. The van der Waals surface area contributed by atoms with E-state index in [2.05, 4.69) is 4.74 Å². The molecule has 0 radical (unpaired) electrons. The summed E-state index contributed by atoms with van der Waals surface area (Å²) in [5.74, 6) is 0.0415. The monoisotopic (exact) mass is 162 g/mol. The van der Waals surface area contributed by atoms with E-state index in [4.69, 9.17) is 14.6 Å². The van der Waals surface area contributed by atoms with E-state index in [9.17, 15) is 4.79 Å². The Hall–Kier alpha value is -0.810. The van der Waals surface area contributed by atoms with Crippen LogP contribution in [0.15, 0.2) is 0 Å². The van der Waals surface area contributed by atoms with Gasteiger partial charge in [-0.1, -0.05) is 0 Å². The van der Waals surface area contributed by atoms with Crippen molar-refractivity contribution in [3.63, 3.8) is 0 Å². The molecule has 1 aliphatic rings. The first-order chi connectivity index (χ1) is 5.29. The average Bonchev–Trinajstić information content (AvgIpc) is 2.03. The molecule has 1 saturated heterocycles. The van der Waals surface area contributed by atoms with Gasteiger partial charge in [-0.25, -0.2) is 4.79 Å². The third kappa shape index (κ3) is 3.20. The van der Waals surface area contributed by atoms with Gasteiger partial charge in [-0.15, -0.1) is 0 Å². The van der Waals surface area contributed by atoms with Crippen LogP contribution in [0.4, 0.5) is 4.79 Å². The van der Waals surface area contributed by atoms with Crippen molar-refractivity contribution >= 4 is 6.16 Å². The van der Waals surface area contributed by atoms with Gasteiger partial charge < -0.3 is 19.3 Å². The summed E-state index contributed by atoms with van der Waals surface area (Å²) >= 11 is 0. The van der Waals surface area contributed by atoms with Crippen LogP contribution in [0.5, 0.6) is 0 Å². The minimum atomic E-state index is -1.25. The Morgan fingerprint density at radius 3 is 2.73 bits per heavy atom. The molecule has 5 heteroatoms. The lowest BCUT2D eigenvalue weighted by atomic mass is 10.2. The number of hydrogen-bond donors (Lipinski definition) is 1. The first kappa shape index (κ1) is 8.29. The standard InChI is InChI=1S/C6H10O5/c7-6(8)11-3-5-1-9-4-10-2-5/h5H,1-4H2,(H,7,8). The first-order valence-corrected chi connectivity index (χ1v) is 3.30. The van der Waals surface area contributed by atoms with Crippen LogP contribution in [-0.2, 0) is 14.2 Å². The molecule has 0 amide bonds. The van der Waals surface area contributed by atoms with Crippen molar-refractivity contribution in [1.29, 1.82) is 0 Å². The quantitative estimate of drug-likeness (QED) is 0.591. The Kier molecular flexibility index (Phi) is 3.13. The zero-order valence-electron chi connectivity index (χ0n) is 5.99. The summed E-state index contributed by atoms with van der Waals surface area (Å²) in [6.45, 7) is 1.46. The van der Waals surface area contributed by atoms with E-state index in [1.54, 1.807) is 0 Å². The van der Waals surface area contributed by atoms with Gasteiger partial charge in [-0.05, 0) is 0 Å². The molecule has 0 bridgehead atoms. The third-order valence-electron chi connectivity index (χ3n) is 1.32. The highest BCUT2D eigenvalue weighted by Crippen LogP contribution is 2.05. The number of hydrogen-bond acceptors (Lipinski definition) is 4. The Morgan fingerprint density at radius 2 is 2.18 bits per heavy atom. The van der Waals surface area contributed by atoms with Crippen LogP contribution < -0.4 is 0 Å². The van der Waals surface area contributed by atoms with E-state index in [-0.39, 0.29) is 12.5 Å². The lowest BCUT2D eigenvalue weighted by Crippen LogP contribution is -2.28. The molecule has 64 valence electrons. The maximum absolute atomic E-state index is 9.94. The highest BCUT2D eigenvalue weighted by atomic mass is 16.7. The van der Waals surface area contributed by atoms with Crippen molar-refractivity contribution < 1.29 is 24.1 Å². The number of ether oxygens (including phenoxy) is 3. The summed E-state index contributed by atoms with van der Waals surface area (Å²) in [5, 5.41) is 8.14. The van der Waals surface area contributed by atoms with Gasteiger partial charge in [0.2, 0.25) is 0 Å². The minimum Gasteiger partial charge on any atom is -0.450 e. The maximum atomic E-state index is 9.94. The van der Waals surface area contributed by atoms with Gasteiger partial charge in [-0.3, -0.25) is 0 Å². The van der Waals surface area contributed by atoms with Crippen molar-refractivity contribution in [3.05, 3.63) is 0 Å². The van der Waals surface area contributed by atoms with Crippen LogP contribution in [-0.4, -0.2) is 37.9 Å². The maximum Gasteiger partial charge on any atom is 0.505 e. The molecule has 1 aliphatic heterocycles. The zero-order valence-corrected chi connectivity index (χ0v) is 5.99. The van der Waals surface area contributed by atoms with Gasteiger partial charge in [0.15, 0.2) is 0 Å². The van der Waals surface area contributed by atoms with E-state index < -0.39 is 6.16 Å². The molecule has 5 nitrogen and oxygen atoms in total. The molecule has 0 aliphatic carbocycles. The Bertz CT molecular complexity index is 129. The summed E-state index contributed by atoms with van der Waals surface area (Å²) in [5.41, 5.74) is 0. The molecule has 1 rings (SSSR count). The highest BCUT2D eigenvalue weighted by molar-refractivity contribution is 5.56. The van der Waals surface area contributed by atoms with E-state index in [0.29, 0.717) is 20.0 Å². The van der Waals surface area contributed by atoms with E-state index in [0.717, 1.165) is 0 Å². The van der Waals surface area contributed by atoms with Gasteiger partial charge in [0.25, 0.3) is 0 Å². The van der Waals surface area contributed by atoms with Gasteiger partial charge in [0.1, 0.15) is 13.4 Å². The Labute approximate surface area is 63.9 Å². The largest absolute Gasteiger partial charge is 0.505 e. The predicted octanol–water partition coefficient (Wildman–Crippen LogP) is 0.302. The van der Waals surface area contributed by atoms with Crippen LogP contribution in [0.25, 0.3) is 0 Å². The second kappa shape index (κ2) is 4.15. The molecular weight excluding hydrogens is 152 g/mol. The SMILES string of the molecule is O=C(O)OCC1COCOC1.